The second kappa shape index (κ2) is 10.5. The summed E-state index contributed by atoms with van der Waals surface area (Å²) >= 11 is 0. The maximum absolute atomic E-state index is 12.7. The molecule has 0 fully saturated rings. The molecule has 0 aliphatic heterocycles. The molecule has 0 saturated carbocycles. The lowest BCUT2D eigenvalue weighted by molar-refractivity contribution is 0.0953. The monoisotopic (exact) mass is 398 g/mol. The van der Waals surface area contributed by atoms with Gasteiger partial charge < -0.3 is 14.2 Å². The number of aryl methyl sites for hydroxylation is 2. The van der Waals surface area contributed by atoms with Crippen molar-refractivity contribution in [2.45, 2.75) is 41.5 Å². The molecule has 2 rings (SSSR count). The molecular formula is C23H30N2O4. The molecule has 156 valence electrons. The molecule has 0 aliphatic carbocycles. The summed E-state index contributed by atoms with van der Waals surface area (Å²) in [6.07, 6.45) is 0. The van der Waals surface area contributed by atoms with Crippen molar-refractivity contribution in [2.24, 2.45) is 5.10 Å². The lowest BCUT2D eigenvalue weighted by Gasteiger charge is -2.16. The van der Waals surface area contributed by atoms with E-state index in [4.69, 9.17) is 14.2 Å². The van der Waals surface area contributed by atoms with Crippen LogP contribution in [-0.4, -0.2) is 31.4 Å². The Hall–Kier alpha value is -3.02. The zero-order valence-corrected chi connectivity index (χ0v) is 18.1. The summed E-state index contributed by atoms with van der Waals surface area (Å²) in [6, 6.07) is 9.38. The van der Waals surface area contributed by atoms with E-state index >= 15 is 0 Å². The number of ether oxygens (including phenoxy) is 3. The Labute approximate surface area is 172 Å². The van der Waals surface area contributed by atoms with E-state index in [9.17, 15) is 4.79 Å². The predicted octanol–water partition coefficient (Wildman–Crippen LogP) is 4.65. The van der Waals surface area contributed by atoms with Crippen LogP contribution in [0.5, 0.6) is 17.2 Å². The van der Waals surface area contributed by atoms with Crippen LogP contribution in [0.4, 0.5) is 0 Å². The number of nitrogens with zero attached hydrogens (tertiary/aromatic N) is 1. The van der Waals surface area contributed by atoms with Crippen molar-refractivity contribution in [3.05, 3.63) is 52.6 Å². The second-order valence-electron chi connectivity index (χ2n) is 6.54. The SMILES string of the molecule is CCOc1cc(C(=O)N/N=C(/C)c2ccc(C)c(C)c2)cc(OCC)c1OCC. The van der Waals surface area contributed by atoms with Crippen LogP contribution < -0.4 is 19.6 Å². The Balaban J connectivity index is 2.29. The van der Waals surface area contributed by atoms with E-state index in [2.05, 4.69) is 30.4 Å². The average Bonchev–Trinajstić information content (AvgIpc) is 2.70. The molecule has 0 aliphatic rings. The van der Waals surface area contributed by atoms with Gasteiger partial charge in [0.25, 0.3) is 5.91 Å². The van der Waals surface area contributed by atoms with Gasteiger partial charge in [0, 0.05) is 5.56 Å². The number of benzene rings is 2. The van der Waals surface area contributed by atoms with Crippen LogP contribution in [0, 0.1) is 13.8 Å². The van der Waals surface area contributed by atoms with Gasteiger partial charge in [0.2, 0.25) is 5.75 Å². The van der Waals surface area contributed by atoms with Crippen molar-refractivity contribution < 1.29 is 19.0 Å². The first-order chi connectivity index (χ1) is 13.9. The number of carbonyl (C=O) groups excluding carboxylic acids is 1. The first kappa shape index (κ1) is 22.3. The quantitative estimate of drug-likeness (QED) is 0.493. The van der Waals surface area contributed by atoms with Crippen LogP contribution in [0.15, 0.2) is 35.4 Å². The fourth-order valence-corrected chi connectivity index (χ4v) is 2.75. The van der Waals surface area contributed by atoms with Crippen molar-refractivity contribution in [1.82, 2.24) is 5.43 Å². The molecule has 2 aromatic rings. The van der Waals surface area contributed by atoms with Gasteiger partial charge in [-0.1, -0.05) is 12.1 Å². The summed E-state index contributed by atoms with van der Waals surface area (Å²) in [6.45, 7) is 13.0. The summed E-state index contributed by atoms with van der Waals surface area (Å²) in [5.74, 6) is 1.10. The highest BCUT2D eigenvalue weighted by molar-refractivity contribution is 6.01. The molecule has 2 aromatic carbocycles. The molecule has 6 heteroatoms. The topological polar surface area (TPSA) is 69.2 Å². The summed E-state index contributed by atoms with van der Waals surface area (Å²) in [7, 11) is 0. The number of nitrogens with one attached hydrogen (secondary N) is 1. The Kier molecular flexibility index (Phi) is 8.07. The van der Waals surface area contributed by atoms with Crippen molar-refractivity contribution in [3.63, 3.8) is 0 Å². The zero-order chi connectivity index (χ0) is 21.4. The number of rotatable bonds is 9. The highest BCUT2D eigenvalue weighted by atomic mass is 16.5. The first-order valence-electron chi connectivity index (χ1n) is 9.89. The molecule has 0 unspecified atom stereocenters. The van der Waals surface area contributed by atoms with E-state index in [1.165, 1.54) is 11.1 Å². The second-order valence-corrected chi connectivity index (χ2v) is 6.54. The maximum Gasteiger partial charge on any atom is 0.271 e. The summed E-state index contributed by atoms with van der Waals surface area (Å²) < 4.78 is 17.0. The Morgan fingerprint density at radius 2 is 1.45 bits per heavy atom. The van der Waals surface area contributed by atoms with Crippen LogP contribution >= 0.6 is 0 Å². The van der Waals surface area contributed by atoms with Gasteiger partial charge in [-0.05, 0) is 76.4 Å². The van der Waals surface area contributed by atoms with E-state index in [1.54, 1.807) is 12.1 Å². The van der Waals surface area contributed by atoms with Gasteiger partial charge in [-0.2, -0.15) is 5.10 Å². The van der Waals surface area contributed by atoms with Crippen LogP contribution in [0.3, 0.4) is 0 Å². The van der Waals surface area contributed by atoms with Crippen molar-refractivity contribution in [1.29, 1.82) is 0 Å². The Morgan fingerprint density at radius 1 is 0.862 bits per heavy atom. The van der Waals surface area contributed by atoms with Crippen LogP contribution in [0.2, 0.25) is 0 Å². The highest BCUT2D eigenvalue weighted by Gasteiger charge is 2.18. The predicted molar refractivity (Wildman–Crippen MR) is 116 cm³/mol. The van der Waals surface area contributed by atoms with Crippen molar-refractivity contribution in [3.8, 4) is 17.2 Å². The van der Waals surface area contributed by atoms with Gasteiger partial charge in [-0.15, -0.1) is 0 Å². The van der Waals surface area contributed by atoms with Crippen molar-refractivity contribution in [2.75, 3.05) is 19.8 Å². The fourth-order valence-electron chi connectivity index (χ4n) is 2.75. The molecule has 0 aromatic heterocycles. The van der Waals surface area contributed by atoms with Gasteiger partial charge in [0.1, 0.15) is 0 Å². The number of hydrogen-bond acceptors (Lipinski definition) is 5. The van der Waals surface area contributed by atoms with Gasteiger partial charge in [-0.25, -0.2) is 5.43 Å². The number of hydrogen-bond donors (Lipinski definition) is 1. The van der Waals surface area contributed by atoms with Gasteiger partial charge in [0.15, 0.2) is 11.5 Å². The minimum atomic E-state index is -0.349. The molecule has 0 saturated heterocycles. The third-order valence-corrected chi connectivity index (χ3v) is 4.42. The molecule has 6 nitrogen and oxygen atoms in total. The molecular weight excluding hydrogens is 368 g/mol. The number of amides is 1. The van der Waals surface area contributed by atoms with E-state index in [0.717, 1.165) is 11.3 Å². The molecule has 1 amide bonds. The van der Waals surface area contributed by atoms with Crippen molar-refractivity contribution >= 4 is 11.6 Å². The van der Waals surface area contributed by atoms with E-state index in [0.29, 0.717) is 42.6 Å². The minimum Gasteiger partial charge on any atom is -0.490 e. The van der Waals surface area contributed by atoms with Crippen LogP contribution in [0.1, 0.15) is 54.7 Å². The van der Waals surface area contributed by atoms with E-state index in [-0.39, 0.29) is 5.91 Å². The third kappa shape index (κ3) is 5.73. The molecule has 0 bridgehead atoms. The van der Waals surface area contributed by atoms with Gasteiger partial charge >= 0.3 is 0 Å². The van der Waals surface area contributed by atoms with E-state index in [1.807, 2.05) is 39.8 Å². The summed E-state index contributed by atoms with van der Waals surface area (Å²) in [5, 5.41) is 4.26. The number of carbonyl (C=O) groups is 1. The van der Waals surface area contributed by atoms with Gasteiger partial charge in [-0.3, -0.25) is 4.79 Å². The summed E-state index contributed by atoms with van der Waals surface area (Å²) in [5.41, 5.74) is 7.09. The largest absolute Gasteiger partial charge is 0.490 e. The molecule has 0 heterocycles. The Morgan fingerprint density at radius 3 is 1.97 bits per heavy atom. The van der Waals surface area contributed by atoms with Crippen LogP contribution in [0.25, 0.3) is 0 Å². The fraction of sp³-hybridized carbons (Fsp3) is 0.391. The lowest BCUT2D eigenvalue weighted by Crippen LogP contribution is -2.20. The summed E-state index contributed by atoms with van der Waals surface area (Å²) in [4.78, 5) is 12.7. The lowest BCUT2D eigenvalue weighted by atomic mass is 10.0. The molecule has 0 atom stereocenters. The smallest absolute Gasteiger partial charge is 0.271 e. The number of hydrazone groups is 1. The van der Waals surface area contributed by atoms with E-state index < -0.39 is 0 Å². The van der Waals surface area contributed by atoms with Crippen LogP contribution in [-0.2, 0) is 0 Å². The normalized spacial score (nSPS) is 11.2. The maximum atomic E-state index is 12.7. The molecule has 0 spiro atoms. The Bertz CT molecular complexity index is 863. The van der Waals surface area contributed by atoms with Gasteiger partial charge in [0.05, 0.1) is 25.5 Å². The molecule has 0 radical (unpaired) electrons. The zero-order valence-electron chi connectivity index (χ0n) is 18.1. The molecule has 29 heavy (non-hydrogen) atoms. The average molecular weight is 399 g/mol. The first-order valence-corrected chi connectivity index (χ1v) is 9.89. The third-order valence-electron chi connectivity index (χ3n) is 4.42. The standard InChI is InChI=1S/C23H30N2O4/c1-7-27-20-13-19(14-21(28-8-2)22(20)29-9-3)23(26)25-24-17(6)18-11-10-15(4)16(5)12-18/h10-14H,7-9H2,1-6H3,(H,25,26)/b24-17-. The minimum absolute atomic E-state index is 0.349. The highest BCUT2D eigenvalue weighted by Crippen LogP contribution is 2.39. The molecule has 1 N–H and O–H groups in total.